The Bertz CT molecular complexity index is 1400. The third-order valence-electron chi connectivity index (χ3n) is 7.95. The van der Waals surface area contributed by atoms with Gasteiger partial charge in [-0.25, -0.2) is 8.78 Å². The Morgan fingerprint density at radius 1 is 1.07 bits per heavy atom. The first kappa shape index (κ1) is 28.2. The van der Waals surface area contributed by atoms with E-state index in [-0.39, 0.29) is 35.7 Å². The van der Waals surface area contributed by atoms with Crippen molar-refractivity contribution < 1.29 is 32.9 Å². The Balaban J connectivity index is 1.13. The van der Waals surface area contributed by atoms with Crippen LogP contribution >= 0.6 is 0 Å². The highest BCUT2D eigenvalue weighted by Gasteiger charge is 2.34. The number of nitrogens with one attached hydrogen (secondary N) is 1. The molecule has 0 radical (unpaired) electrons. The molecule has 2 N–H and O–H groups in total. The molecule has 1 unspecified atom stereocenters. The highest BCUT2D eigenvalue weighted by molar-refractivity contribution is 5.80. The minimum Gasteiger partial charge on any atom is -0.486 e. The van der Waals surface area contributed by atoms with Crippen LogP contribution in [0.4, 0.5) is 14.6 Å². The normalized spacial score (nSPS) is 19.9. The van der Waals surface area contributed by atoms with Gasteiger partial charge in [-0.2, -0.15) is 4.98 Å². The van der Waals surface area contributed by atoms with Gasteiger partial charge in [0.1, 0.15) is 36.7 Å². The van der Waals surface area contributed by atoms with Gasteiger partial charge in [0.25, 0.3) is 0 Å². The number of likely N-dealkylation sites (tertiary alicyclic amines) is 1. The molecule has 1 amide bonds. The maximum Gasteiger partial charge on any atom is 0.225 e. The van der Waals surface area contributed by atoms with Gasteiger partial charge in [-0.1, -0.05) is 6.07 Å². The van der Waals surface area contributed by atoms with Crippen LogP contribution in [0.1, 0.15) is 30.9 Å². The van der Waals surface area contributed by atoms with Crippen LogP contribution in [-0.2, 0) is 4.79 Å². The summed E-state index contributed by atoms with van der Waals surface area (Å²) in [6.45, 7) is 3.85. The van der Waals surface area contributed by atoms with E-state index in [1.54, 1.807) is 12.1 Å². The Morgan fingerprint density at radius 2 is 1.86 bits per heavy atom. The van der Waals surface area contributed by atoms with Crippen molar-refractivity contribution in [3.05, 3.63) is 71.8 Å². The molecule has 3 aliphatic rings. The molecule has 2 fully saturated rings. The second kappa shape index (κ2) is 12.5. The van der Waals surface area contributed by atoms with Crippen molar-refractivity contribution >= 4 is 11.7 Å². The van der Waals surface area contributed by atoms with Crippen LogP contribution in [0.3, 0.4) is 0 Å². The zero-order valence-corrected chi connectivity index (χ0v) is 23.2. The van der Waals surface area contributed by atoms with E-state index in [0.29, 0.717) is 55.7 Å². The average molecular weight is 581 g/mol. The highest BCUT2D eigenvalue weighted by atomic mass is 19.1. The fourth-order valence-corrected chi connectivity index (χ4v) is 5.74. The zero-order chi connectivity index (χ0) is 29.1. The lowest BCUT2D eigenvalue weighted by atomic mass is 9.99. The van der Waals surface area contributed by atoms with Gasteiger partial charge in [-0.3, -0.25) is 4.79 Å². The van der Waals surface area contributed by atoms with Crippen LogP contribution in [0.25, 0.3) is 0 Å². The standard InChI is InChI=1S/C31H34F2N4O5/c32-22-6-8-23(9-7-22)42-28-5-3-4-27(35-28)37-13-10-20(18-37)31(39)34-25(19-36-11-1-2-12-36)29(38)21-16-24(33)30-26(17-21)40-14-15-41-30/h3-9,16-17,20,25,29,38H,1-2,10-15,18-19H2,(H,34,39)/t20?,25-,29-/m1/s1. The summed E-state index contributed by atoms with van der Waals surface area (Å²) in [5.41, 5.74) is 0.330. The van der Waals surface area contributed by atoms with Crippen molar-refractivity contribution in [2.24, 2.45) is 5.92 Å². The SMILES string of the molecule is O=C(N[C@H](CN1CCCC1)[C@H](O)c1cc(F)c2c(c1)OCCO2)C1CCN(c2cccc(Oc3ccc(F)cc3)n2)C1. The first-order chi connectivity index (χ1) is 20.4. The molecule has 42 heavy (non-hydrogen) atoms. The molecule has 0 spiro atoms. The molecular formula is C31H34F2N4O5. The van der Waals surface area contributed by atoms with Crippen LogP contribution in [0.2, 0.25) is 0 Å². The average Bonchev–Trinajstić information content (AvgIpc) is 3.71. The van der Waals surface area contributed by atoms with E-state index in [2.05, 4.69) is 15.2 Å². The maximum atomic E-state index is 14.8. The lowest BCUT2D eigenvalue weighted by molar-refractivity contribution is -0.126. The number of anilines is 1. The topological polar surface area (TPSA) is 96.4 Å². The molecule has 2 saturated heterocycles. The summed E-state index contributed by atoms with van der Waals surface area (Å²) in [6.07, 6.45) is 1.59. The maximum absolute atomic E-state index is 14.8. The third-order valence-corrected chi connectivity index (χ3v) is 7.95. The van der Waals surface area contributed by atoms with Gasteiger partial charge in [0.15, 0.2) is 17.3 Å². The number of hydrogen-bond donors (Lipinski definition) is 2. The van der Waals surface area contributed by atoms with Crippen molar-refractivity contribution in [1.29, 1.82) is 0 Å². The zero-order valence-electron chi connectivity index (χ0n) is 23.2. The van der Waals surface area contributed by atoms with Crippen LogP contribution in [0, 0.1) is 17.6 Å². The van der Waals surface area contributed by atoms with Crippen LogP contribution < -0.4 is 24.4 Å². The largest absolute Gasteiger partial charge is 0.486 e. The molecule has 6 rings (SSSR count). The van der Waals surface area contributed by atoms with Gasteiger partial charge in [0.05, 0.1) is 12.0 Å². The summed E-state index contributed by atoms with van der Waals surface area (Å²) in [6, 6.07) is 13.3. The summed E-state index contributed by atoms with van der Waals surface area (Å²) < 4.78 is 44.7. The third kappa shape index (κ3) is 6.42. The minimum absolute atomic E-state index is 0.0455. The molecule has 2 aromatic carbocycles. The Morgan fingerprint density at radius 3 is 2.67 bits per heavy atom. The molecule has 3 atom stereocenters. The predicted molar refractivity (Wildman–Crippen MR) is 151 cm³/mol. The number of nitrogens with zero attached hydrogens (tertiary/aromatic N) is 3. The Kier molecular flexibility index (Phi) is 8.38. The number of carbonyl (C=O) groups excluding carboxylic acids is 1. The second-order valence-electron chi connectivity index (χ2n) is 10.9. The van der Waals surface area contributed by atoms with E-state index >= 15 is 0 Å². The van der Waals surface area contributed by atoms with E-state index in [1.165, 1.54) is 30.3 Å². The molecule has 3 aliphatic heterocycles. The summed E-state index contributed by atoms with van der Waals surface area (Å²) in [4.78, 5) is 22.3. The van der Waals surface area contributed by atoms with E-state index in [4.69, 9.17) is 14.2 Å². The van der Waals surface area contributed by atoms with Crippen LogP contribution in [0.15, 0.2) is 54.6 Å². The number of carbonyl (C=O) groups is 1. The number of hydrogen-bond acceptors (Lipinski definition) is 8. The van der Waals surface area contributed by atoms with Crippen molar-refractivity contribution in [2.75, 3.05) is 50.8 Å². The first-order valence-corrected chi connectivity index (χ1v) is 14.4. The van der Waals surface area contributed by atoms with Gasteiger partial charge in [0.2, 0.25) is 11.8 Å². The molecule has 222 valence electrons. The molecular weight excluding hydrogens is 546 g/mol. The Hall–Kier alpha value is -3.96. The van der Waals surface area contributed by atoms with Gasteiger partial charge < -0.3 is 34.4 Å². The van der Waals surface area contributed by atoms with E-state index < -0.39 is 18.0 Å². The molecule has 0 bridgehead atoms. The molecule has 0 saturated carbocycles. The van der Waals surface area contributed by atoms with Crippen molar-refractivity contribution in [3.8, 4) is 23.1 Å². The van der Waals surface area contributed by atoms with Crippen molar-refractivity contribution in [3.63, 3.8) is 0 Å². The first-order valence-electron chi connectivity index (χ1n) is 14.4. The molecule has 4 heterocycles. The van der Waals surface area contributed by atoms with Crippen LogP contribution in [-0.4, -0.2) is 72.9 Å². The molecule has 3 aromatic rings. The fourth-order valence-electron chi connectivity index (χ4n) is 5.74. The van der Waals surface area contributed by atoms with Gasteiger partial charge in [-0.05, 0) is 80.4 Å². The minimum atomic E-state index is -1.14. The second-order valence-corrected chi connectivity index (χ2v) is 10.9. The smallest absolute Gasteiger partial charge is 0.225 e. The fraction of sp³-hybridized carbons (Fsp3) is 0.419. The number of aromatic nitrogens is 1. The van der Waals surface area contributed by atoms with Crippen molar-refractivity contribution in [2.45, 2.75) is 31.4 Å². The monoisotopic (exact) mass is 580 g/mol. The quantitative estimate of drug-likeness (QED) is 0.391. The molecule has 9 nitrogen and oxygen atoms in total. The molecule has 11 heteroatoms. The van der Waals surface area contributed by atoms with E-state index in [1.807, 2.05) is 17.0 Å². The van der Waals surface area contributed by atoms with Crippen molar-refractivity contribution in [1.82, 2.24) is 15.2 Å². The van der Waals surface area contributed by atoms with Gasteiger partial charge in [-0.15, -0.1) is 0 Å². The summed E-state index contributed by atoms with van der Waals surface area (Å²) in [7, 11) is 0. The number of aliphatic hydroxyl groups is 1. The Labute approximate surface area is 243 Å². The van der Waals surface area contributed by atoms with E-state index in [9.17, 15) is 18.7 Å². The number of rotatable bonds is 9. The number of fused-ring (bicyclic) bond motifs is 1. The number of aliphatic hydroxyl groups excluding tert-OH is 1. The number of pyridine rings is 1. The van der Waals surface area contributed by atoms with Gasteiger partial charge >= 0.3 is 0 Å². The lowest BCUT2D eigenvalue weighted by Crippen LogP contribution is -2.48. The summed E-state index contributed by atoms with van der Waals surface area (Å²) >= 11 is 0. The number of amides is 1. The number of benzene rings is 2. The summed E-state index contributed by atoms with van der Waals surface area (Å²) in [5.74, 6) is 0.376. The summed E-state index contributed by atoms with van der Waals surface area (Å²) in [5, 5.41) is 14.5. The number of halogens is 2. The number of ether oxygens (including phenoxy) is 3. The van der Waals surface area contributed by atoms with Gasteiger partial charge in [0, 0.05) is 25.7 Å². The molecule has 1 aromatic heterocycles. The lowest BCUT2D eigenvalue weighted by Gasteiger charge is -2.30. The van der Waals surface area contributed by atoms with Crippen LogP contribution in [0.5, 0.6) is 23.1 Å². The van der Waals surface area contributed by atoms with E-state index in [0.717, 1.165) is 25.9 Å². The highest BCUT2D eigenvalue weighted by Crippen LogP contribution is 2.37. The molecule has 0 aliphatic carbocycles. The predicted octanol–water partition coefficient (Wildman–Crippen LogP) is 4.06.